The van der Waals surface area contributed by atoms with E-state index in [4.69, 9.17) is 11.6 Å². The number of amides is 1. The Hall–Kier alpha value is -1.20. The van der Waals surface area contributed by atoms with Crippen LogP contribution in [0.3, 0.4) is 0 Å². The molecule has 0 spiro atoms. The van der Waals surface area contributed by atoms with Crippen molar-refractivity contribution in [3.63, 3.8) is 0 Å². The van der Waals surface area contributed by atoms with Gasteiger partial charge in [0.1, 0.15) is 10.8 Å². The fourth-order valence-corrected chi connectivity index (χ4v) is 1.94. The van der Waals surface area contributed by atoms with Gasteiger partial charge in [0, 0.05) is 0 Å². The predicted octanol–water partition coefficient (Wildman–Crippen LogP) is 2.90. The molecule has 0 saturated heterocycles. The van der Waals surface area contributed by atoms with E-state index in [1.54, 1.807) is 6.92 Å². The monoisotopic (exact) mass is 291 g/mol. The van der Waals surface area contributed by atoms with Gasteiger partial charge in [-0.25, -0.2) is 8.78 Å². The quantitative estimate of drug-likeness (QED) is 0.820. The summed E-state index contributed by atoms with van der Waals surface area (Å²) in [5.41, 5.74) is -1.19. The molecule has 0 saturated carbocycles. The van der Waals surface area contributed by atoms with Gasteiger partial charge >= 0.3 is 0 Å². The van der Waals surface area contributed by atoms with Gasteiger partial charge in [-0.3, -0.25) is 4.79 Å². The molecule has 0 fully saturated rings. The van der Waals surface area contributed by atoms with Gasteiger partial charge in [-0.1, -0.05) is 24.9 Å². The summed E-state index contributed by atoms with van der Waals surface area (Å²) in [5.74, 6) is -2.76. The van der Waals surface area contributed by atoms with Crippen LogP contribution in [0.1, 0.15) is 37.0 Å². The van der Waals surface area contributed by atoms with Gasteiger partial charge < -0.3 is 10.4 Å². The zero-order valence-electron chi connectivity index (χ0n) is 10.8. The molecule has 3 nitrogen and oxygen atoms in total. The van der Waals surface area contributed by atoms with E-state index in [1.807, 2.05) is 6.92 Å². The normalized spacial score (nSPS) is 14.0. The third-order valence-corrected chi connectivity index (χ3v) is 3.19. The SMILES string of the molecule is CCCC(C)(CO)NC(=O)c1ccc(F)c(Cl)c1F. The van der Waals surface area contributed by atoms with Gasteiger partial charge in [0.05, 0.1) is 17.7 Å². The van der Waals surface area contributed by atoms with Gasteiger partial charge in [0.15, 0.2) is 5.82 Å². The number of rotatable bonds is 5. The lowest BCUT2D eigenvalue weighted by molar-refractivity contribution is 0.0837. The molecule has 1 aromatic carbocycles. The lowest BCUT2D eigenvalue weighted by Gasteiger charge is -2.28. The van der Waals surface area contributed by atoms with E-state index in [1.165, 1.54) is 0 Å². The minimum absolute atomic E-state index is 0.275. The van der Waals surface area contributed by atoms with Gasteiger partial charge in [-0.05, 0) is 25.5 Å². The number of aliphatic hydroxyl groups excluding tert-OH is 1. The van der Waals surface area contributed by atoms with Crippen LogP contribution in [-0.2, 0) is 0 Å². The number of hydrogen-bond donors (Lipinski definition) is 2. The lowest BCUT2D eigenvalue weighted by atomic mass is 9.96. The third-order valence-electron chi connectivity index (χ3n) is 2.85. The summed E-state index contributed by atoms with van der Waals surface area (Å²) in [6.45, 7) is 3.27. The molecule has 1 atom stereocenters. The Morgan fingerprint density at radius 3 is 2.63 bits per heavy atom. The van der Waals surface area contributed by atoms with Crippen LogP contribution in [0.5, 0.6) is 0 Å². The zero-order valence-corrected chi connectivity index (χ0v) is 11.5. The first-order valence-electron chi connectivity index (χ1n) is 5.91. The van der Waals surface area contributed by atoms with Crippen LogP contribution < -0.4 is 5.32 Å². The van der Waals surface area contributed by atoms with Gasteiger partial charge in [-0.2, -0.15) is 0 Å². The maximum atomic E-state index is 13.7. The molecule has 0 heterocycles. The number of nitrogens with one attached hydrogen (secondary N) is 1. The Balaban J connectivity index is 2.99. The Bertz CT molecular complexity index is 482. The average Bonchev–Trinajstić information content (AvgIpc) is 2.36. The first-order valence-corrected chi connectivity index (χ1v) is 6.29. The molecule has 1 rings (SSSR count). The second kappa shape index (κ2) is 6.30. The maximum Gasteiger partial charge on any atom is 0.254 e. The van der Waals surface area contributed by atoms with E-state index in [-0.39, 0.29) is 12.2 Å². The molecule has 2 N–H and O–H groups in total. The molecular weight excluding hydrogens is 276 g/mol. The Morgan fingerprint density at radius 1 is 1.47 bits per heavy atom. The number of benzene rings is 1. The van der Waals surface area contributed by atoms with E-state index < -0.39 is 28.1 Å². The summed E-state index contributed by atoms with van der Waals surface area (Å²) in [6, 6.07) is 1.95. The second-order valence-corrected chi connectivity index (χ2v) is 5.02. The van der Waals surface area contributed by atoms with Crippen molar-refractivity contribution in [3.05, 3.63) is 34.4 Å². The summed E-state index contributed by atoms with van der Waals surface area (Å²) in [6.07, 6.45) is 1.27. The minimum Gasteiger partial charge on any atom is -0.394 e. The molecule has 0 aliphatic carbocycles. The van der Waals surface area contributed by atoms with Crippen molar-refractivity contribution < 1.29 is 18.7 Å². The van der Waals surface area contributed by atoms with Crippen LogP contribution in [0.25, 0.3) is 0 Å². The number of aliphatic hydroxyl groups is 1. The lowest BCUT2D eigenvalue weighted by Crippen LogP contribution is -2.49. The summed E-state index contributed by atoms with van der Waals surface area (Å²) in [7, 11) is 0. The standard InChI is InChI=1S/C13H16ClF2NO2/c1-3-6-13(2,7-18)17-12(19)8-4-5-9(15)10(14)11(8)16/h4-5,18H,3,6-7H2,1-2H3,(H,17,19). The fourth-order valence-electron chi connectivity index (χ4n) is 1.78. The molecule has 0 aromatic heterocycles. The molecular formula is C13H16ClF2NO2. The molecule has 0 bridgehead atoms. The molecule has 106 valence electrons. The maximum absolute atomic E-state index is 13.7. The van der Waals surface area contributed by atoms with E-state index >= 15 is 0 Å². The highest BCUT2D eigenvalue weighted by molar-refractivity contribution is 6.31. The molecule has 0 aliphatic rings. The molecule has 1 aromatic rings. The van der Waals surface area contributed by atoms with Gasteiger partial charge in [0.25, 0.3) is 5.91 Å². The molecule has 1 amide bonds. The molecule has 6 heteroatoms. The number of halogens is 3. The van der Waals surface area contributed by atoms with Crippen LogP contribution in [0.4, 0.5) is 8.78 Å². The summed E-state index contributed by atoms with van der Waals surface area (Å²) in [5, 5.41) is 11.1. The summed E-state index contributed by atoms with van der Waals surface area (Å²) in [4.78, 5) is 11.9. The molecule has 0 radical (unpaired) electrons. The first-order chi connectivity index (χ1) is 8.84. The molecule has 19 heavy (non-hydrogen) atoms. The Morgan fingerprint density at radius 2 is 2.11 bits per heavy atom. The molecule has 0 aliphatic heterocycles. The second-order valence-electron chi connectivity index (χ2n) is 4.65. The fraction of sp³-hybridized carbons (Fsp3) is 0.462. The van der Waals surface area contributed by atoms with E-state index in [0.29, 0.717) is 6.42 Å². The smallest absolute Gasteiger partial charge is 0.254 e. The van der Waals surface area contributed by atoms with Crippen molar-refractivity contribution >= 4 is 17.5 Å². The van der Waals surface area contributed by atoms with Crippen molar-refractivity contribution in [2.75, 3.05) is 6.61 Å². The van der Waals surface area contributed by atoms with E-state index in [0.717, 1.165) is 18.6 Å². The van der Waals surface area contributed by atoms with E-state index in [9.17, 15) is 18.7 Å². The minimum atomic E-state index is -1.10. The summed E-state index contributed by atoms with van der Waals surface area (Å²) < 4.78 is 26.7. The first kappa shape index (κ1) is 15.9. The van der Waals surface area contributed by atoms with Crippen LogP contribution in [-0.4, -0.2) is 23.2 Å². The van der Waals surface area contributed by atoms with E-state index in [2.05, 4.69) is 5.32 Å². The predicted molar refractivity (Wildman–Crippen MR) is 69.2 cm³/mol. The Labute approximate surface area is 115 Å². The van der Waals surface area contributed by atoms with Crippen molar-refractivity contribution in [2.24, 2.45) is 0 Å². The number of hydrogen-bond acceptors (Lipinski definition) is 2. The number of carbonyl (C=O) groups excluding carboxylic acids is 1. The van der Waals surface area contributed by atoms with Crippen molar-refractivity contribution in [2.45, 2.75) is 32.2 Å². The zero-order chi connectivity index (χ0) is 14.6. The van der Waals surface area contributed by atoms with Crippen molar-refractivity contribution in [3.8, 4) is 0 Å². The highest BCUT2D eigenvalue weighted by Gasteiger charge is 2.27. The van der Waals surface area contributed by atoms with Crippen molar-refractivity contribution in [1.82, 2.24) is 5.32 Å². The van der Waals surface area contributed by atoms with Crippen LogP contribution in [0, 0.1) is 11.6 Å². The largest absolute Gasteiger partial charge is 0.394 e. The van der Waals surface area contributed by atoms with Crippen LogP contribution in [0.2, 0.25) is 5.02 Å². The van der Waals surface area contributed by atoms with Crippen molar-refractivity contribution in [1.29, 1.82) is 0 Å². The van der Waals surface area contributed by atoms with Crippen LogP contribution in [0.15, 0.2) is 12.1 Å². The summed E-state index contributed by atoms with van der Waals surface area (Å²) >= 11 is 5.41. The van der Waals surface area contributed by atoms with Gasteiger partial charge in [0.2, 0.25) is 0 Å². The Kier molecular flexibility index (Phi) is 5.26. The van der Waals surface area contributed by atoms with Gasteiger partial charge in [-0.15, -0.1) is 0 Å². The third kappa shape index (κ3) is 3.64. The molecule has 1 unspecified atom stereocenters. The number of carbonyl (C=O) groups is 1. The highest BCUT2D eigenvalue weighted by atomic mass is 35.5. The highest BCUT2D eigenvalue weighted by Crippen LogP contribution is 2.22. The topological polar surface area (TPSA) is 49.3 Å². The average molecular weight is 292 g/mol. The van der Waals surface area contributed by atoms with Crippen LogP contribution >= 0.6 is 11.6 Å².